The number of carbonyl (C=O) groups excluding carboxylic acids is 1. The van der Waals surface area contributed by atoms with Gasteiger partial charge in [-0.1, -0.05) is 38.4 Å². The van der Waals surface area contributed by atoms with Crippen molar-refractivity contribution in [2.75, 3.05) is 0 Å². The number of alkyl carbamates (subject to hydrolysis) is 1. The van der Waals surface area contributed by atoms with Crippen LogP contribution in [0.2, 0.25) is 23.2 Å². The third kappa shape index (κ3) is 7.35. The van der Waals surface area contributed by atoms with Crippen LogP contribution in [0.1, 0.15) is 47.1 Å². The molecule has 0 saturated carbocycles. The molecule has 0 radical (unpaired) electrons. The first-order chi connectivity index (χ1) is 12.5. The summed E-state index contributed by atoms with van der Waals surface area (Å²) in [5.74, 6) is -0.562. The van der Waals surface area contributed by atoms with Gasteiger partial charge in [0.1, 0.15) is 17.4 Å². The number of aliphatic carboxylic acids is 1. The summed E-state index contributed by atoms with van der Waals surface area (Å²) in [6, 6.07) is 4.07. The maximum atomic E-state index is 11.9. The highest BCUT2D eigenvalue weighted by atomic mass is 35.5. The first kappa shape index (κ1) is 24.3. The molecule has 1 amide bonds. The van der Waals surface area contributed by atoms with Crippen molar-refractivity contribution in [3.63, 3.8) is 0 Å². The zero-order chi connectivity index (χ0) is 21.9. The van der Waals surface area contributed by atoms with Crippen LogP contribution in [0.3, 0.4) is 0 Å². The minimum atomic E-state index is -2.04. The number of hydrogen-bond donors (Lipinski definition) is 2. The van der Waals surface area contributed by atoms with Gasteiger partial charge in [-0.2, -0.15) is 0 Å². The zero-order valence-corrected chi connectivity index (χ0v) is 19.7. The van der Waals surface area contributed by atoms with E-state index in [-0.39, 0.29) is 11.5 Å². The fourth-order valence-corrected chi connectivity index (χ4v) is 3.41. The average molecular weight is 430 g/mol. The molecule has 8 heteroatoms. The lowest BCUT2D eigenvalue weighted by Crippen LogP contribution is -2.44. The van der Waals surface area contributed by atoms with E-state index >= 15 is 0 Å². The van der Waals surface area contributed by atoms with Crippen molar-refractivity contribution in [2.24, 2.45) is 0 Å². The molecule has 1 aromatic rings. The highest BCUT2D eigenvalue weighted by Gasteiger charge is 2.39. The highest BCUT2D eigenvalue weighted by Crippen LogP contribution is 2.39. The number of carboxylic acid groups (broad SMARTS) is 1. The summed E-state index contributed by atoms with van der Waals surface area (Å²) in [4.78, 5) is 23.4. The number of carbonyl (C=O) groups is 2. The molecule has 0 aliphatic carbocycles. The van der Waals surface area contributed by atoms with Gasteiger partial charge < -0.3 is 19.6 Å². The van der Waals surface area contributed by atoms with Gasteiger partial charge in [-0.25, -0.2) is 9.59 Å². The zero-order valence-electron chi connectivity index (χ0n) is 18.0. The van der Waals surface area contributed by atoms with Gasteiger partial charge in [0.05, 0.1) is 5.02 Å². The molecule has 0 bridgehead atoms. The molecule has 0 aliphatic heterocycles. The molecule has 0 saturated heterocycles. The molecular formula is C20H32ClNO5Si. The Kier molecular flexibility index (Phi) is 7.58. The first-order valence-electron chi connectivity index (χ1n) is 9.21. The summed E-state index contributed by atoms with van der Waals surface area (Å²) in [5.41, 5.74) is -0.0323. The van der Waals surface area contributed by atoms with Crippen molar-refractivity contribution in [2.45, 2.75) is 77.7 Å². The van der Waals surface area contributed by atoms with E-state index < -0.39 is 32.0 Å². The minimum Gasteiger partial charge on any atom is -0.543 e. The number of nitrogens with one attached hydrogen (secondary N) is 1. The van der Waals surface area contributed by atoms with Gasteiger partial charge in [0.25, 0.3) is 8.32 Å². The van der Waals surface area contributed by atoms with Crippen molar-refractivity contribution in [3.05, 3.63) is 28.8 Å². The number of amides is 1. The van der Waals surface area contributed by atoms with E-state index in [0.29, 0.717) is 16.3 Å². The number of benzene rings is 1. The Morgan fingerprint density at radius 3 is 2.18 bits per heavy atom. The van der Waals surface area contributed by atoms with Crippen LogP contribution in [0, 0.1) is 0 Å². The van der Waals surface area contributed by atoms with Crippen LogP contribution in [-0.4, -0.2) is 37.1 Å². The Balaban J connectivity index is 2.92. The second-order valence-corrected chi connectivity index (χ2v) is 14.5. The molecular weight excluding hydrogens is 398 g/mol. The van der Waals surface area contributed by atoms with Crippen molar-refractivity contribution < 1.29 is 23.9 Å². The summed E-state index contributed by atoms with van der Waals surface area (Å²) in [7, 11) is -2.04. The second kappa shape index (κ2) is 8.74. The Bertz CT molecular complexity index is 722. The SMILES string of the molecule is CC(C)(C)OC(=O)N[C@@H](Cc1ccc(O[Si](C)(C)C(C)(C)C)c(Cl)c1)C(=O)O. The minimum absolute atomic E-state index is 0.0285. The predicted molar refractivity (Wildman–Crippen MR) is 114 cm³/mol. The number of ether oxygens (including phenoxy) is 1. The van der Waals surface area contributed by atoms with Crippen LogP contribution >= 0.6 is 11.6 Å². The fourth-order valence-electron chi connectivity index (χ4n) is 2.07. The normalized spacial score (nSPS) is 13.6. The van der Waals surface area contributed by atoms with Crippen LogP contribution in [0.5, 0.6) is 5.75 Å². The molecule has 6 nitrogen and oxygen atoms in total. The van der Waals surface area contributed by atoms with Crippen LogP contribution in [0.15, 0.2) is 18.2 Å². The maximum absolute atomic E-state index is 11.9. The van der Waals surface area contributed by atoms with Crippen molar-refractivity contribution >= 4 is 32.0 Å². The Morgan fingerprint density at radius 2 is 1.75 bits per heavy atom. The number of halogens is 1. The Hall–Kier alpha value is -1.73. The highest BCUT2D eigenvalue weighted by molar-refractivity contribution is 6.74. The molecule has 0 heterocycles. The number of rotatable bonds is 6. The molecule has 1 rings (SSSR count). The molecule has 0 unspecified atom stereocenters. The average Bonchev–Trinajstić information content (AvgIpc) is 2.46. The Morgan fingerprint density at radius 1 is 1.18 bits per heavy atom. The standard InChI is InChI=1S/C20H32ClNO5Si/c1-19(2,3)26-18(25)22-15(17(23)24)12-13-9-10-16(14(21)11-13)27-28(7,8)20(4,5)6/h9-11,15H,12H2,1-8H3,(H,22,25)(H,23,24)/t15-/m0/s1. The second-order valence-electron chi connectivity index (χ2n) is 9.37. The molecule has 0 aliphatic rings. The van der Waals surface area contributed by atoms with E-state index in [2.05, 4.69) is 39.2 Å². The van der Waals surface area contributed by atoms with Gasteiger partial charge >= 0.3 is 12.1 Å². The lowest BCUT2D eigenvalue weighted by atomic mass is 10.1. The van der Waals surface area contributed by atoms with Crippen LogP contribution in [0.4, 0.5) is 4.79 Å². The Labute approximate surface area is 173 Å². The van der Waals surface area contributed by atoms with Crippen molar-refractivity contribution in [3.8, 4) is 5.75 Å². The monoisotopic (exact) mass is 429 g/mol. The molecule has 28 heavy (non-hydrogen) atoms. The van der Waals surface area contributed by atoms with Gasteiger partial charge in [0, 0.05) is 6.42 Å². The van der Waals surface area contributed by atoms with E-state index in [4.69, 9.17) is 20.8 Å². The van der Waals surface area contributed by atoms with Gasteiger partial charge in [-0.3, -0.25) is 0 Å². The van der Waals surface area contributed by atoms with E-state index in [9.17, 15) is 14.7 Å². The molecule has 0 aromatic heterocycles. The summed E-state index contributed by atoms with van der Waals surface area (Å²) >= 11 is 6.38. The van der Waals surface area contributed by atoms with Crippen LogP contribution in [0.25, 0.3) is 0 Å². The molecule has 0 spiro atoms. The predicted octanol–water partition coefficient (Wildman–Crippen LogP) is 5.24. The van der Waals surface area contributed by atoms with E-state index in [1.807, 2.05) is 0 Å². The number of carboxylic acids is 1. The molecule has 1 aromatic carbocycles. The molecule has 158 valence electrons. The van der Waals surface area contributed by atoms with E-state index in [1.165, 1.54) is 0 Å². The van der Waals surface area contributed by atoms with E-state index in [0.717, 1.165) is 0 Å². The third-order valence-electron chi connectivity index (χ3n) is 4.60. The van der Waals surface area contributed by atoms with Gasteiger partial charge in [0.15, 0.2) is 0 Å². The van der Waals surface area contributed by atoms with Crippen molar-refractivity contribution in [1.29, 1.82) is 0 Å². The molecule has 1 atom stereocenters. The summed E-state index contributed by atoms with van der Waals surface area (Å²) in [6.07, 6.45) is -0.696. The maximum Gasteiger partial charge on any atom is 0.408 e. The van der Waals surface area contributed by atoms with Gasteiger partial charge in [0.2, 0.25) is 0 Å². The van der Waals surface area contributed by atoms with Gasteiger partial charge in [-0.15, -0.1) is 0 Å². The summed E-state index contributed by atoms with van der Waals surface area (Å²) in [5, 5.41) is 12.3. The van der Waals surface area contributed by atoms with Crippen LogP contribution < -0.4 is 9.74 Å². The third-order valence-corrected chi connectivity index (χ3v) is 9.23. The van der Waals surface area contributed by atoms with E-state index in [1.54, 1.807) is 39.0 Å². The summed E-state index contributed by atoms with van der Waals surface area (Å²) in [6.45, 7) is 15.8. The lowest BCUT2D eigenvalue weighted by molar-refractivity contribution is -0.139. The quantitative estimate of drug-likeness (QED) is 0.603. The lowest BCUT2D eigenvalue weighted by Gasteiger charge is -2.36. The smallest absolute Gasteiger partial charge is 0.408 e. The first-order valence-corrected chi connectivity index (χ1v) is 12.5. The van der Waals surface area contributed by atoms with Crippen molar-refractivity contribution in [1.82, 2.24) is 5.32 Å². The molecule has 0 fully saturated rings. The largest absolute Gasteiger partial charge is 0.543 e. The summed E-state index contributed by atoms with van der Waals surface area (Å²) < 4.78 is 11.4. The van der Waals surface area contributed by atoms with Crippen LogP contribution in [-0.2, 0) is 16.0 Å². The molecule has 2 N–H and O–H groups in total. The topological polar surface area (TPSA) is 84.9 Å². The fraction of sp³-hybridized carbons (Fsp3) is 0.600. The van der Waals surface area contributed by atoms with Gasteiger partial charge in [-0.05, 0) is 56.6 Å². The number of hydrogen-bond acceptors (Lipinski definition) is 4.